The minimum Gasteiger partial charge on any atom is -0.399 e. The topological polar surface area (TPSA) is 75.3 Å². The molecular formula is C15H14BrIN2O2. The first-order valence-corrected chi connectivity index (χ1v) is 8.11. The zero-order chi connectivity index (χ0) is 15.4. The van der Waals surface area contributed by atoms with Gasteiger partial charge in [-0.3, -0.25) is 4.79 Å². The van der Waals surface area contributed by atoms with E-state index in [9.17, 15) is 9.90 Å². The van der Waals surface area contributed by atoms with Crippen LogP contribution in [0, 0.1) is 3.57 Å². The lowest BCUT2D eigenvalue weighted by Crippen LogP contribution is -2.28. The summed E-state index contributed by atoms with van der Waals surface area (Å²) in [5.74, 6) is -0.227. The van der Waals surface area contributed by atoms with Crippen LogP contribution in [-0.2, 0) is 0 Å². The van der Waals surface area contributed by atoms with Crippen molar-refractivity contribution in [2.24, 2.45) is 0 Å². The maximum absolute atomic E-state index is 12.1. The lowest BCUT2D eigenvalue weighted by molar-refractivity contribution is 0.0915. The van der Waals surface area contributed by atoms with Crippen molar-refractivity contribution in [3.63, 3.8) is 0 Å². The van der Waals surface area contributed by atoms with Crippen molar-refractivity contribution in [1.29, 1.82) is 0 Å². The highest BCUT2D eigenvalue weighted by Crippen LogP contribution is 2.20. The molecule has 0 fully saturated rings. The zero-order valence-corrected chi connectivity index (χ0v) is 14.8. The largest absolute Gasteiger partial charge is 0.399 e. The third-order valence-electron chi connectivity index (χ3n) is 2.95. The Morgan fingerprint density at radius 3 is 2.62 bits per heavy atom. The molecule has 1 atom stereocenters. The third-order valence-corrected chi connectivity index (χ3v) is 4.31. The summed E-state index contributed by atoms with van der Waals surface area (Å²) in [4.78, 5) is 12.1. The minimum atomic E-state index is -0.767. The van der Waals surface area contributed by atoms with Crippen LogP contribution in [0.2, 0.25) is 0 Å². The van der Waals surface area contributed by atoms with Gasteiger partial charge in [-0.25, -0.2) is 0 Å². The predicted octanol–water partition coefficient (Wildman–Crippen LogP) is 3.10. The fourth-order valence-corrected chi connectivity index (χ4v) is 2.71. The zero-order valence-electron chi connectivity index (χ0n) is 11.0. The molecule has 0 aliphatic carbocycles. The quantitative estimate of drug-likeness (QED) is 0.484. The summed E-state index contributed by atoms with van der Waals surface area (Å²) in [5.41, 5.74) is 7.50. The van der Waals surface area contributed by atoms with Gasteiger partial charge in [0.05, 0.1) is 11.7 Å². The van der Waals surface area contributed by atoms with Crippen molar-refractivity contribution >= 4 is 50.1 Å². The van der Waals surface area contributed by atoms with Gasteiger partial charge in [0, 0.05) is 20.3 Å². The number of hydrogen-bond donors (Lipinski definition) is 3. The van der Waals surface area contributed by atoms with Crippen LogP contribution in [0.4, 0.5) is 5.69 Å². The Kier molecular flexibility index (Phi) is 5.60. The highest BCUT2D eigenvalue weighted by Gasteiger charge is 2.13. The number of amides is 1. The fraction of sp³-hybridized carbons (Fsp3) is 0.133. The van der Waals surface area contributed by atoms with Gasteiger partial charge in [-0.05, 0) is 74.4 Å². The average molecular weight is 461 g/mol. The van der Waals surface area contributed by atoms with Gasteiger partial charge in [0.15, 0.2) is 0 Å². The highest BCUT2D eigenvalue weighted by molar-refractivity contribution is 14.1. The van der Waals surface area contributed by atoms with Crippen molar-refractivity contribution in [1.82, 2.24) is 5.32 Å². The van der Waals surface area contributed by atoms with Gasteiger partial charge < -0.3 is 16.2 Å². The van der Waals surface area contributed by atoms with E-state index in [1.54, 1.807) is 30.3 Å². The summed E-state index contributed by atoms with van der Waals surface area (Å²) < 4.78 is 1.70. The Labute approximate surface area is 145 Å². The van der Waals surface area contributed by atoms with E-state index in [1.165, 1.54) is 0 Å². The van der Waals surface area contributed by atoms with Crippen LogP contribution >= 0.6 is 38.5 Å². The normalized spacial score (nSPS) is 12.0. The summed E-state index contributed by atoms with van der Waals surface area (Å²) in [6, 6.07) is 12.4. The molecule has 0 aliphatic heterocycles. The number of hydrogen-bond acceptors (Lipinski definition) is 3. The van der Waals surface area contributed by atoms with E-state index in [4.69, 9.17) is 5.73 Å². The SMILES string of the molecule is Nc1ccc(C(O)CNC(=O)c2cc(I)ccc2Br)cc1. The molecule has 0 saturated carbocycles. The number of halogens is 2. The fourth-order valence-electron chi connectivity index (χ4n) is 1.79. The molecule has 2 aromatic carbocycles. The van der Waals surface area contributed by atoms with Crippen molar-refractivity contribution in [2.75, 3.05) is 12.3 Å². The van der Waals surface area contributed by atoms with Crippen molar-refractivity contribution in [3.05, 3.63) is 61.6 Å². The number of nitrogen functional groups attached to an aromatic ring is 1. The van der Waals surface area contributed by atoms with E-state index < -0.39 is 6.10 Å². The lowest BCUT2D eigenvalue weighted by atomic mass is 10.1. The molecule has 2 aromatic rings. The van der Waals surface area contributed by atoms with Crippen LogP contribution in [0.5, 0.6) is 0 Å². The van der Waals surface area contributed by atoms with Crippen molar-refractivity contribution in [3.8, 4) is 0 Å². The van der Waals surface area contributed by atoms with Crippen molar-refractivity contribution < 1.29 is 9.90 Å². The summed E-state index contributed by atoms with van der Waals surface area (Å²) in [6.07, 6.45) is -0.767. The van der Waals surface area contributed by atoms with E-state index in [-0.39, 0.29) is 12.5 Å². The average Bonchev–Trinajstić information content (AvgIpc) is 2.47. The third kappa shape index (κ3) is 4.42. The van der Waals surface area contributed by atoms with E-state index in [1.807, 2.05) is 12.1 Å². The van der Waals surface area contributed by atoms with Crippen molar-refractivity contribution in [2.45, 2.75) is 6.10 Å². The van der Waals surface area contributed by atoms with Crippen LogP contribution in [0.1, 0.15) is 22.0 Å². The number of carbonyl (C=O) groups is 1. The highest BCUT2D eigenvalue weighted by atomic mass is 127. The smallest absolute Gasteiger partial charge is 0.252 e. The first kappa shape index (κ1) is 16.3. The summed E-state index contributed by atoms with van der Waals surface area (Å²) in [5, 5.41) is 12.8. The number of nitrogens with one attached hydrogen (secondary N) is 1. The summed E-state index contributed by atoms with van der Waals surface area (Å²) in [7, 11) is 0. The molecule has 4 nitrogen and oxygen atoms in total. The van der Waals surface area contributed by atoms with Gasteiger partial charge >= 0.3 is 0 Å². The van der Waals surface area contributed by atoms with Gasteiger partial charge in [-0.1, -0.05) is 12.1 Å². The van der Waals surface area contributed by atoms with Gasteiger partial charge in [-0.2, -0.15) is 0 Å². The van der Waals surface area contributed by atoms with E-state index >= 15 is 0 Å². The predicted molar refractivity (Wildman–Crippen MR) is 95.0 cm³/mol. The Morgan fingerprint density at radius 1 is 1.29 bits per heavy atom. The molecular weight excluding hydrogens is 447 g/mol. The monoisotopic (exact) mass is 460 g/mol. The van der Waals surface area contributed by atoms with Gasteiger partial charge in [0.25, 0.3) is 5.91 Å². The second-order valence-corrected chi connectivity index (χ2v) is 6.62. The van der Waals surface area contributed by atoms with Crippen LogP contribution < -0.4 is 11.1 Å². The van der Waals surface area contributed by atoms with Gasteiger partial charge in [-0.15, -0.1) is 0 Å². The maximum atomic E-state index is 12.1. The van der Waals surface area contributed by atoms with Gasteiger partial charge in [0.1, 0.15) is 0 Å². The summed E-state index contributed by atoms with van der Waals surface area (Å²) in [6.45, 7) is 0.140. The Bertz CT molecular complexity index is 647. The first-order chi connectivity index (χ1) is 9.97. The first-order valence-electron chi connectivity index (χ1n) is 6.24. The molecule has 6 heteroatoms. The lowest BCUT2D eigenvalue weighted by Gasteiger charge is -2.13. The number of anilines is 1. The molecule has 21 heavy (non-hydrogen) atoms. The molecule has 4 N–H and O–H groups in total. The molecule has 0 bridgehead atoms. The number of nitrogens with two attached hydrogens (primary N) is 1. The van der Waals surface area contributed by atoms with Gasteiger partial charge in [0.2, 0.25) is 0 Å². The molecule has 0 saturated heterocycles. The second-order valence-electron chi connectivity index (χ2n) is 4.52. The molecule has 1 unspecified atom stereocenters. The molecule has 0 aromatic heterocycles. The van der Waals surface area contributed by atoms with E-state index in [2.05, 4.69) is 43.8 Å². The van der Waals surface area contributed by atoms with Crippen LogP contribution in [-0.4, -0.2) is 17.6 Å². The standard InChI is InChI=1S/C15H14BrIN2O2/c16-13-6-3-10(17)7-12(13)15(21)19-8-14(20)9-1-4-11(18)5-2-9/h1-7,14,20H,8,18H2,(H,19,21). The number of aliphatic hydroxyl groups is 1. The van der Waals surface area contributed by atoms with Crippen LogP contribution in [0.3, 0.4) is 0 Å². The molecule has 0 spiro atoms. The molecule has 1 amide bonds. The number of aliphatic hydroxyl groups excluding tert-OH is 1. The Hall–Kier alpha value is -1.12. The number of benzene rings is 2. The Balaban J connectivity index is 2.00. The maximum Gasteiger partial charge on any atom is 0.252 e. The molecule has 110 valence electrons. The number of rotatable bonds is 4. The minimum absolute atomic E-state index is 0.140. The van der Waals surface area contributed by atoms with Crippen LogP contribution in [0.25, 0.3) is 0 Å². The number of carbonyl (C=O) groups excluding carboxylic acids is 1. The summed E-state index contributed by atoms with van der Waals surface area (Å²) >= 11 is 5.50. The second kappa shape index (κ2) is 7.24. The molecule has 2 rings (SSSR count). The molecule has 0 heterocycles. The van der Waals surface area contributed by atoms with E-state index in [0.29, 0.717) is 16.8 Å². The van der Waals surface area contributed by atoms with E-state index in [0.717, 1.165) is 8.04 Å². The molecule has 0 radical (unpaired) electrons. The Morgan fingerprint density at radius 2 is 1.95 bits per heavy atom. The molecule has 0 aliphatic rings. The van der Waals surface area contributed by atoms with Crippen LogP contribution in [0.15, 0.2) is 46.9 Å².